The molecule has 0 saturated carbocycles. The molecule has 0 unspecified atom stereocenters. The van der Waals surface area contributed by atoms with Crippen LogP contribution in [0.3, 0.4) is 0 Å². The minimum absolute atomic E-state index is 0.0360. The summed E-state index contributed by atoms with van der Waals surface area (Å²) in [5, 5.41) is 4.27. The summed E-state index contributed by atoms with van der Waals surface area (Å²) in [5.74, 6) is 0.131. The Hall–Kier alpha value is -4.01. The number of hydrazine groups is 1. The smallest absolute Gasteiger partial charge is 0.294 e. The van der Waals surface area contributed by atoms with Crippen LogP contribution in [-0.2, 0) is 0 Å². The van der Waals surface area contributed by atoms with Gasteiger partial charge in [0.1, 0.15) is 0 Å². The molecule has 168 valence electrons. The van der Waals surface area contributed by atoms with E-state index in [0.29, 0.717) is 23.7 Å². The molecule has 3 rings (SSSR count). The Morgan fingerprint density at radius 3 is 2.34 bits per heavy atom. The van der Waals surface area contributed by atoms with E-state index in [0.717, 1.165) is 18.5 Å². The summed E-state index contributed by atoms with van der Waals surface area (Å²) < 4.78 is 17.8. The minimum atomic E-state index is -0.614. The van der Waals surface area contributed by atoms with Crippen LogP contribution in [-0.4, -0.2) is 42.4 Å². The van der Waals surface area contributed by atoms with Crippen LogP contribution in [0.4, 0.5) is 0 Å². The van der Waals surface area contributed by atoms with Gasteiger partial charge >= 0.3 is 0 Å². The molecule has 0 atom stereocenters. The fourth-order valence-electron chi connectivity index (χ4n) is 2.88. The van der Waals surface area contributed by atoms with Crippen molar-refractivity contribution in [1.82, 2.24) is 20.6 Å². The fourth-order valence-corrected chi connectivity index (χ4v) is 2.88. The van der Waals surface area contributed by atoms with Crippen molar-refractivity contribution in [1.29, 1.82) is 0 Å². The Labute approximate surface area is 186 Å². The molecule has 0 aliphatic rings. The van der Waals surface area contributed by atoms with Crippen molar-refractivity contribution < 1.29 is 23.8 Å². The Balaban J connectivity index is 1.67. The van der Waals surface area contributed by atoms with Gasteiger partial charge in [0.15, 0.2) is 22.9 Å². The van der Waals surface area contributed by atoms with Crippen LogP contribution in [0.5, 0.6) is 17.2 Å². The zero-order valence-corrected chi connectivity index (χ0v) is 18.3. The molecule has 0 radical (unpaired) electrons. The maximum Gasteiger partial charge on any atom is 0.294 e. The Kier molecular flexibility index (Phi) is 7.69. The van der Waals surface area contributed by atoms with Gasteiger partial charge in [0.25, 0.3) is 11.8 Å². The molecule has 0 spiro atoms. The lowest BCUT2D eigenvalue weighted by molar-refractivity contribution is 0.0841. The van der Waals surface area contributed by atoms with E-state index < -0.39 is 11.8 Å². The summed E-state index contributed by atoms with van der Waals surface area (Å²) in [6, 6.07) is 14.1. The molecule has 0 fully saturated rings. The van der Waals surface area contributed by atoms with Crippen LogP contribution in [0.2, 0.25) is 0 Å². The average Bonchev–Trinajstić information content (AvgIpc) is 3.28. The number of carbonyl (C=O) groups excluding carboxylic acids is 2. The first-order valence-electron chi connectivity index (χ1n) is 10.2. The first kappa shape index (κ1) is 22.7. The normalized spacial score (nSPS) is 10.3. The lowest BCUT2D eigenvalue weighted by Crippen LogP contribution is -2.42. The summed E-state index contributed by atoms with van der Waals surface area (Å²) in [6.07, 6.45) is 3.52. The van der Waals surface area contributed by atoms with Crippen LogP contribution in [0, 0.1) is 0 Å². The molecule has 2 amide bonds. The number of hydrogen-bond acceptors (Lipinski definition) is 6. The molecular weight excluding hydrogens is 412 g/mol. The van der Waals surface area contributed by atoms with Gasteiger partial charge < -0.3 is 14.2 Å². The zero-order valence-electron chi connectivity index (χ0n) is 18.3. The van der Waals surface area contributed by atoms with Crippen LogP contribution < -0.4 is 25.1 Å². The molecule has 1 aromatic heterocycles. The molecule has 0 aliphatic carbocycles. The number of methoxy groups -OCH3 is 2. The van der Waals surface area contributed by atoms with E-state index in [2.05, 4.69) is 22.9 Å². The van der Waals surface area contributed by atoms with E-state index in [-0.39, 0.29) is 11.4 Å². The average molecular weight is 438 g/mol. The van der Waals surface area contributed by atoms with E-state index in [9.17, 15) is 9.59 Å². The first-order valence-corrected chi connectivity index (χ1v) is 10.2. The highest BCUT2D eigenvalue weighted by molar-refractivity contribution is 5.99. The summed E-state index contributed by atoms with van der Waals surface area (Å²) in [5.41, 5.74) is 5.85. The molecule has 32 heavy (non-hydrogen) atoms. The molecule has 2 N–H and O–H groups in total. The van der Waals surface area contributed by atoms with Crippen molar-refractivity contribution >= 4 is 11.8 Å². The van der Waals surface area contributed by atoms with Crippen molar-refractivity contribution in [3.8, 4) is 22.9 Å². The fraction of sp³-hybridized carbons (Fsp3) is 0.261. The van der Waals surface area contributed by atoms with Crippen LogP contribution >= 0.6 is 0 Å². The molecule has 1 heterocycles. The molecule has 0 saturated heterocycles. The van der Waals surface area contributed by atoms with E-state index in [1.165, 1.54) is 18.9 Å². The molecular formula is C23H26N4O5. The van der Waals surface area contributed by atoms with Gasteiger partial charge in [-0.2, -0.15) is 5.10 Å². The van der Waals surface area contributed by atoms with E-state index in [1.807, 2.05) is 30.3 Å². The number of para-hydroxylation sites is 1. The number of aromatic nitrogens is 2. The number of benzene rings is 2. The van der Waals surface area contributed by atoms with Gasteiger partial charge in [-0.05, 0) is 36.8 Å². The van der Waals surface area contributed by atoms with Crippen LogP contribution in [0.15, 0.2) is 54.7 Å². The third-order valence-electron chi connectivity index (χ3n) is 4.61. The number of ether oxygens (including phenoxy) is 3. The van der Waals surface area contributed by atoms with Gasteiger partial charge in [0.2, 0.25) is 0 Å². The third kappa shape index (κ3) is 5.37. The number of amides is 2. The number of hydrogen-bond donors (Lipinski definition) is 2. The molecule has 9 nitrogen and oxygen atoms in total. The SMILES string of the molecule is CCCCOc1ccc(C(=O)NNC(=O)c2nn(-c3ccccc3)cc2OC)cc1OC. The second kappa shape index (κ2) is 10.9. The topological polar surface area (TPSA) is 104 Å². The van der Waals surface area contributed by atoms with Gasteiger partial charge in [0, 0.05) is 5.56 Å². The number of rotatable bonds is 9. The predicted octanol–water partition coefficient (Wildman–Crippen LogP) is 3.14. The van der Waals surface area contributed by atoms with Gasteiger partial charge in [-0.15, -0.1) is 0 Å². The first-order chi connectivity index (χ1) is 15.6. The Morgan fingerprint density at radius 2 is 1.66 bits per heavy atom. The molecule has 9 heteroatoms. The van der Waals surface area contributed by atoms with Gasteiger partial charge in [-0.3, -0.25) is 20.4 Å². The number of carbonyl (C=O) groups is 2. The van der Waals surface area contributed by atoms with Gasteiger partial charge in [-0.1, -0.05) is 31.5 Å². The third-order valence-corrected chi connectivity index (χ3v) is 4.61. The molecule has 3 aromatic rings. The van der Waals surface area contributed by atoms with Crippen molar-refractivity contribution in [3.05, 3.63) is 66.0 Å². The van der Waals surface area contributed by atoms with E-state index in [4.69, 9.17) is 14.2 Å². The number of nitrogens with zero attached hydrogens (tertiary/aromatic N) is 2. The summed E-state index contributed by atoms with van der Waals surface area (Å²) in [7, 11) is 2.94. The van der Waals surface area contributed by atoms with Crippen molar-refractivity contribution in [3.63, 3.8) is 0 Å². The van der Waals surface area contributed by atoms with Crippen LogP contribution in [0.1, 0.15) is 40.6 Å². The number of nitrogens with one attached hydrogen (secondary N) is 2. The quantitative estimate of drug-likeness (QED) is 0.393. The largest absolute Gasteiger partial charge is 0.493 e. The van der Waals surface area contributed by atoms with Crippen molar-refractivity contribution in [2.24, 2.45) is 0 Å². The highest BCUT2D eigenvalue weighted by atomic mass is 16.5. The Bertz CT molecular complexity index is 1070. The van der Waals surface area contributed by atoms with E-state index >= 15 is 0 Å². The monoisotopic (exact) mass is 438 g/mol. The lowest BCUT2D eigenvalue weighted by Gasteiger charge is -2.12. The predicted molar refractivity (Wildman–Crippen MR) is 118 cm³/mol. The molecule has 0 bridgehead atoms. The summed E-state index contributed by atoms with van der Waals surface area (Å²) in [4.78, 5) is 25.1. The maximum absolute atomic E-state index is 12.6. The summed E-state index contributed by atoms with van der Waals surface area (Å²) >= 11 is 0. The molecule has 0 aliphatic heterocycles. The Morgan fingerprint density at radius 1 is 0.938 bits per heavy atom. The highest BCUT2D eigenvalue weighted by Gasteiger charge is 2.19. The maximum atomic E-state index is 12.6. The van der Waals surface area contributed by atoms with Crippen molar-refractivity contribution in [2.75, 3.05) is 20.8 Å². The number of unbranched alkanes of at least 4 members (excludes halogenated alkanes) is 1. The summed E-state index contributed by atoms with van der Waals surface area (Å²) in [6.45, 7) is 2.63. The van der Waals surface area contributed by atoms with Crippen molar-refractivity contribution in [2.45, 2.75) is 19.8 Å². The van der Waals surface area contributed by atoms with E-state index in [1.54, 1.807) is 24.4 Å². The van der Waals surface area contributed by atoms with Gasteiger partial charge in [0.05, 0.1) is 32.7 Å². The second-order valence-corrected chi connectivity index (χ2v) is 6.80. The lowest BCUT2D eigenvalue weighted by atomic mass is 10.2. The molecule has 2 aromatic carbocycles. The highest BCUT2D eigenvalue weighted by Crippen LogP contribution is 2.28. The van der Waals surface area contributed by atoms with Gasteiger partial charge in [-0.25, -0.2) is 4.68 Å². The van der Waals surface area contributed by atoms with Crippen LogP contribution in [0.25, 0.3) is 5.69 Å². The zero-order chi connectivity index (χ0) is 22.9. The standard InChI is InChI=1S/C23H26N4O5/c1-4-5-13-32-18-12-11-16(14-19(18)30-2)22(28)24-25-23(29)21-20(31-3)15-27(26-21)17-9-7-6-8-10-17/h6-12,14-15H,4-5,13H2,1-3H3,(H,24,28)(H,25,29). The second-order valence-electron chi connectivity index (χ2n) is 6.80. The minimum Gasteiger partial charge on any atom is -0.493 e.